The third-order valence-corrected chi connectivity index (χ3v) is 5.52. The second-order valence-corrected chi connectivity index (χ2v) is 8.44. The van der Waals surface area contributed by atoms with Crippen molar-refractivity contribution in [1.29, 1.82) is 0 Å². The van der Waals surface area contributed by atoms with Gasteiger partial charge in [-0.05, 0) is 24.8 Å². The predicted octanol–water partition coefficient (Wildman–Crippen LogP) is 2.88. The zero-order valence-electron chi connectivity index (χ0n) is 16.5. The predicted molar refractivity (Wildman–Crippen MR) is 101 cm³/mol. The van der Waals surface area contributed by atoms with Gasteiger partial charge in [0.1, 0.15) is 12.2 Å². The maximum atomic E-state index is 11.2. The molecule has 2 saturated heterocycles. The number of fused-ring (bicyclic) bond motifs is 1. The van der Waals surface area contributed by atoms with E-state index >= 15 is 0 Å². The van der Waals surface area contributed by atoms with Crippen LogP contribution in [0.2, 0.25) is 0 Å². The maximum Gasteiger partial charge on any atom is 0.213 e. The number of benzene rings is 1. The highest BCUT2D eigenvalue weighted by Crippen LogP contribution is 2.39. The highest BCUT2D eigenvalue weighted by molar-refractivity contribution is 5.18. The van der Waals surface area contributed by atoms with Crippen LogP contribution in [-0.4, -0.2) is 68.0 Å². The standard InChI is InChI=1S/C21H34NO4/c1-5-6-14-24-21-18(22(2,3)4)19(23)20-17(26-21)13-12-16(25-20)15-10-8-7-9-11-15/h7-11,16-21,23H,5-6,12-14H2,1-4H3/q+1/t16-,17+,18-,19+,20+,21+/m0/s1. The van der Waals surface area contributed by atoms with E-state index in [1.807, 2.05) is 18.2 Å². The molecule has 3 rings (SSSR count). The number of nitrogens with zero attached hydrogens (tertiary/aromatic N) is 1. The van der Waals surface area contributed by atoms with Gasteiger partial charge in [0.25, 0.3) is 0 Å². The molecule has 26 heavy (non-hydrogen) atoms. The summed E-state index contributed by atoms with van der Waals surface area (Å²) in [6, 6.07) is 10.1. The van der Waals surface area contributed by atoms with Crippen molar-refractivity contribution in [2.75, 3.05) is 27.7 Å². The van der Waals surface area contributed by atoms with Gasteiger partial charge in [-0.15, -0.1) is 0 Å². The number of hydrogen-bond donors (Lipinski definition) is 1. The number of aliphatic hydroxyl groups is 1. The first-order chi connectivity index (χ1) is 12.4. The lowest BCUT2D eigenvalue weighted by Crippen LogP contribution is -2.69. The Morgan fingerprint density at radius 3 is 2.50 bits per heavy atom. The molecule has 0 saturated carbocycles. The fourth-order valence-electron chi connectivity index (χ4n) is 4.10. The molecule has 6 atom stereocenters. The molecule has 2 aliphatic rings. The van der Waals surface area contributed by atoms with Crippen LogP contribution in [0, 0.1) is 0 Å². The fraction of sp³-hybridized carbons (Fsp3) is 0.714. The van der Waals surface area contributed by atoms with Gasteiger partial charge in [0, 0.05) is 6.61 Å². The van der Waals surface area contributed by atoms with Crippen molar-refractivity contribution in [3.63, 3.8) is 0 Å². The smallest absolute Gasteiger partial charge is 0.213 e. The first kappa shape index (κ1) is 19.8. The molecule has 1 aromatic rings. The lowest BCUT2D eigenvalue weighted by atomic mass is 9.88. The number of hydrogen-bond acceptors (Lipinski definition) is 4. The van der Waals surface area contributed by atoms with E-state index in [1.165, 1.54) is 5.56 Å². The van der Waals surface area contributed by atoms with Gasteiger partial charge in [-0.3, -0.25) is 0 Å². The average Bonchev–Trinajstić information content (AvgIpc) is 2.61. The third kappa shape index (κ3) is 4.29. The minimum Gasteiger partial charge on any atom is -0.384 e. The van der Waals surface area contributed by atoms with Crippen LogP contribution in [0.3, 0.4) is 0 Å². The van der Waals surface area contributed by atoms with Crippen molar-refractivity contribution in [1.82, 2.24) is 0 Å². The highest BCUT2D eigenvalue weighted by atomic mass is 16.7. The Hall–Kier alpha value is -0.980. The molecule has 0 radical (unpaired) electrons. The second-order valence-electron chi connectivity index (χ2n) is 8.44. The Bertz CT molecular complexity index is 559. The number of quaternary nitrogens is 1. The molecule has 5 heteroatoms. The van der Waals surface area contributed by atoms with Crippen molar-refractivity contribution >= 4 is 0 Å². The summed E-state index contributed by atoms with van der Waals surface area (Å²) < 4.78 is 19.3. The SMILES string of the molecule is CCCCO[C@@H]1O[C@@H]2CC[C@@H](c3ccccc3)O[C@H]2[C@H](O)[C@@H]1[N+](C)(C)C. The van der Waals surface area contributed by atoms with Crippen molar-refractivity contribution in [2.24, 2.45) is 0 Å². The van der Waals surface area contributed by atoms with E-state index in [0.717, 1.165) is 25.7 Å². The van der Waals surface area contributed by atoms with E-state index in [2.05, 4.69) is 40.2 Å². The number of ether oxygens (including phenoxy) is 3. The third-order valence-electron chi connectivity index (χ3n) is 5.52. The van der Waals surface area contributed by atoms with Crippen LogP contribution in [-0.2, 0) is 14.2 Å². The molecule has 1 N–H and O–H groups in total. The van der Waals surface area contributed by atoms with Crippen LogP contribution in [0.5, 0.6) is 0 Å². The number of likely N-dealkylation sites (N-methyl/N-ethyl adjacent to an activating group) is 1. The van der Waals surface area contributed by atoms with Gasteiger partial charge in [-0.25, -0.2) is 0 Å². The molecule has 0 aromatic heterocycles. The van der Waals surface area contributed by atoms with Gasteiger partial charge in [-0.1, -0.05) is 43.7 Å². The van der Waals surface area contributed by atoms with Gasteiger partial charge >= 0.3 is 0 Å². The summed E-state index contributed by atoms with van der Waals surface area (Å²) in [6.45, 7) is 2.81. The zero-order valence-corrected chi connectivity index (χ0v) is 16.5. The normalized spacial score (nSPS) is 35.1. The molecule has 0 unspecified atom stereocenters. The zero-order chi connectivity index (χ0) is 18.7. The lowest BCUT2D eigenvalue weighted by Gasteiger charge is -2.51. The largest absolute Gasteiger partial charge is 0.384 e. The molecule has 0 amide bonds. The van der Waals surface area contributed by atoms with Crippen LogP contribution in [0.4, 0.5) is 0 Å². The summed E-state index contributed by atoms with van der Waals surface area (Å²) in [4.78, 5) is 0. The van der Waals surface area contributed by atoms with E-state index in [1.54, 1.807) is 0 Å². The van der Waals surface area contributed by atoms with Crippen LogP contribution in [0.25, 0.3) is 0 Å². The van der Waals surface area contributed by atoms with Crippen LogP contribution >= 0.6 is 0 Å². The van der Waals surface area contributed by atoms with Gasteiger partial charge in [0.05, 0.1) is 33.4 Å². The Balaban J connectivity index is 1.75. The molecule has 0 aliphatic carbocycles. The maximum absolute atomic E-state index is 11.2. The van der Waals surface area contributed by atoms with Gasteiger partial charge in [0.2, 0.25) is 6.29 Å². The second kappa shape index (κ2) is 8.36. The molecule has 2 aliphatic heterocycles. The first-order valence-corrected chi connectivity index (χ1v) is 9.88. The number of aliphatic hydroxyl groups excluding tert-OH is 1. The topological polar surface area (TPSA) is 47.9 Å². The molecule has 5 nitrogen and oxygen atoms in total. The van der Waals surface area contributed by atoms with E-state index in [-0.39, 0.29) is 24.4 Å². The lowest BCUT2D eigenvalue weighted by molar-refractivity contribution is -0.910. The van der Waals surface area contributed by atoms with Gasteiger partial charge in [-0.2, -0.15) is 0 Å². The first-order valence-electron chi connectivity index (χ1n) is 9.88. The highest BCUT2D eigenvalue weighted by Gasteiger charge is 2.54. The van der Waals surface area contributed by atoms with E-state index in [9.17, 15) is 5.11 Å². The molecule has 2 heterocycles. The van der Waals surface area contributed by atoms with Crippen LogP contribution in [0.1, 0.15) is 44.3 Å². The van der Waals surface area contributed by atoms with Gasteiger partial charge < -0.3 is 23.8 Å². The quantitative estimate of drug-likeness (QED) is 0.623. The molecule has 2 fully saturated rings. The summed E-state index contributed by atoms with van der Waals surface area (Å²) in [5.74, 6) is 0. The van der Waals surface area contributed by atoms with Crippen molar-refractivity contribution in [2.45, 2.75) is 69.4 Å². The van der Waals surface area contributed by atoms with Crippen LogP contribution < -0.4 is 0 Å². The minimum absolute atomic E-state index is 0.0152. The summed E-state index contributed by atoms with van der Waals surface area (Å²) in [7, 11) is 6.22. The fourth-order valence-corrected chi connectivity index (χ4v) is 4.10. The monoisotopic (exact) mass is 364 g/mol. The Morgan fingerprint density at radius 1 is 1.12 bits per heavy atom. The van der Waals surface area contributed by atoms with Crippen LogP contribution in [0.15, 0.2) is 30.3 Å². The summed E-state index contributed by atoms with van der Waals surface area (Å²) in [6.07, 6.45) is 2.43. The number of rotatable bonds is 6. The molecular formula is C21H34NO4+. The summed E-state index contributed by atoms with van der Waals surface area (Å²) >= 11 is 0. The van der Waals surface area contributed by atoms with Crippen molar-refractivity contribution in [3.05, 3.63) is 35.9 Å². The summed E-state index contributed by atoms with van der Waals surface area (Å²) in [5.41, 5.74) is 1.17. The Labute approximate surface area is 157 Å². The number of unbranched alkanes of at least 4 members (excludes halogenated alkanes) is 1. The molecule has 1 aromatic carbocycles. The van der Waals surface area contributed by atoms with E-state index in [0.29, 0.717) is 11.1 Å². The van der Waals surface area contributed by atoms with Crippen molar-refractivity contribution < 1.29 is 23.8 Å². The van der Waals surface area contributed by atoms with E-state index in [4.69, 9.17) is 14.2 Å². The molecule has 0 bridgehead atoms. The molecule has 146 valence electrons. The van der Waals surface area contributed by atoms with Gasteiger partial charge in [0.15, 0.2) is 6.04 Å². The molecular weight excluding hydrogens is 330 g/mol. The summed E-state index contributed by atoms with van der Waals surface area (Å²) in [5, 5.41) is 11.2. The average molecular weight is 365 g/mol. The van der Waals surface area contributed by atoms with E-state index < -0.39 is 12.4 Å². The Kier molecular flexibility index (Phi) is 6.36. The molecule has 0 spiro atoms. The Morgan fingerprint density at radius 2 is 1.85 bits per heavy atom. The minimum atomic E-state index is -0.619. The van der Waals surface area contributed by atoms with Crippen molar-refractivity contribution in [3.8, 4) is 0 Å².